The van der Waals surface area contributed by atoms with Crippen LogP contribution in [0.2, 0.25) is 0 Å². The van der Waals surface area contributed by atoms with Crippen molar-refractivity contribution in [1.82, 2.24) is 10.2 Å². The summed E-state index contributed by atoms with van der Waals surface area (Å²) in [6.07, 6.45) is 2.53. The lowest BCUT2D eigenvalue weighted by atomic mass is 9.96. The smallest absolute Gasteiger partial charge is 0.407 e. The second kappa shape index (κ2) is 7.03. The minimum atomic E-state index is -0.902. The number of benzene rings is 1. The van der Waals surface area contributed by atoms with Crippen LogP contribution in [0.5, 0.6) is 0 Å². The molecule has 2 fully saturated rings. The molecule has 24 heavy (non-hydrogen) atoms. The van der Waals surface area contributed by atoms with Gasteiger partial charge in [0.15, 0.2) is 0 Å². The monoisotopic (exact) mass is 330 g/mol. The van der Waals surface area contributed by atoms with E-state index in [-0.39, 0.29) is 17.9 Å². The zero-order valence-corrected chi connectivity index (χ0v) is 13.5. The maximum absolute atomic E-state index is 12.3. The molecule has 1 atom stereocenters. The van der Waals surface area contributed by atoms with Crippen molar-refractivity contribution in [3.63, 3.8) is 0 Å². The van der Waals surface area contributed by atoms with E-state index in [0.29, 0.717) is 50.1 Å². The Balaban J connectivity index is 1.54. The van der Waals surface area contributed by atoms with E-state index in [4.69, 9.17) is 5.11 Å². The summed E-state index contributed by atoms with van der Waals surface area (Å²) in [4.78, 5) is 36.0. The maximum atomic E-state index is 12.3. The first-order valence-electron chi connectivity index (χ1n) is 8.43. The number of nitrogens with one attached hydrogen (secondary N) is 1. The fraction of sp³-hybridized carbons (Fsp3) is 0.500. The normalized spacial score (nSPS) is 21.8. The van der Waals surface area contributed by atoms with Gasteiger partial charge in [-0.1, -0.05) is 12.1 Å². The van der Waals surface area contributed by atoms with E-state index in [9.17, 15) is 14.4 Å². The molecule has 0 aromatic heterocycles. The Morgan fingerprint density at radius 1 is 1.08 bits per heavy atom. The highest BCUT2D eigenvalue weighted by Gasteiger charge is 2.25. The number of nitrogens with zero attached hydrogens (tertiary/aromatic N) is 1. The predicted octanol–water partition coefficient (Wildman–Crippen LogP) is 2.40. The van der Waals surface area contributed by atoms with Gasteiger partial charge in [0, 0.05) is 37.5 Å². The molecule has 6 nitrogen and oxygen atoms in total. The molecule has 128 valence electrons. The van der Waals surface area contributed by atoms with E-state index >= 15 is 0 Å². The standard InChI is InChI=1S/C18H22N2O4/c21-16-6-5-14(11-16)12-1-3-13(4-2-12)17(22)19-15-7-9-20(10-8-15)18(23)24/h1-4,14-15H,5-11H2,(H,19,22)(H,23,24). The number of carbonyl (C=O) groups is 3. The van der Waals surface area contributed by atoms with Gasteiger partial charge in [-0.05, 0) is 42.9 Å². The van der Waals surface area contributed by atoms with Crippen LogP contribution in [-0.2, 0) is 4.79 Å². The second-order valence-electron chi connectivity index (χ2n) is 6.62. The molecule has 2 N–H and O–H groups in total. The highest BCUT2D eigenvalue weighted by molar-refractivity contribution is 5.94. The first kappa shape index (κ1) is 16.5. The maximum Gasteiger partial charge on any atom is 0.407 e. The van der Waals surface area contributed by atoms with Crippen LogP contribution in [0.3, 0.4) is 0 Å². The molecule has 3 rings (SSSR count). The largest absolute Gasteiger partial charge is 0.465 e. The topological polar surface area (TPSA) is 86.7 Å². The summed E-state index contributed by atoms with van der Waals surface area (Å²) in [5.41, 5.74) is 1.72. The van der Waals surface area contributed by atoms with Gasteiger partial charge in [-0.3, -0.25) is 9.59 Å². The molecular weight excluding hydrogens is 308 g/mol. The van der Waals surface area contributed by atoms with E-state index in [1.165, 1.54) is 4.90 Å². The average Bonchev–Trinajstić information content (AvgIpc) is 3.02. The summed E-state index contributed by atoms with van der Waals surface area (Å²) in [6.45, 7) is 0.907. The Labute approximate surface area is 140 Å². The van der Waals surface area contributed by atoms with Crippen molar-refractivity contribution in [2.45, 2.75) is 44.1 Å². The van der Waals surface area contributed by atoms with E-state index in [1.54, 1.807) is 12.1 Å². The van der Waals surface area contributed by atoms with E-state index in [2.05, 4.69) is 5.32 Å². The van der Waals surface area contributed by atoms with Crippen LogP contribution in [0, 0.1) is 0 Å². The van der Waals surface area contributed by atoms with Crippen molar-refractivity contribution in [2.24, 2.45) is 0 Å². The molecule has 1 aromatic rings. The number of piperidine rings is 1. The van der Waals surface area contributed by atoms with Crippen LogP contribution >= 0.6 is 0 Å². The average molecular weight is 330 g/mol. The van der Waals surface area contributed by atoms with Crippen molar-refractivity contribution < 1.29 is 19.5 Å². The van der Waals surface area contributed by atoms with Gasteiger partial charge in [0.25, 0.3) is 5.91 Å². The Morgan fingerprint density at radius 3 is 2.29 bits per heavy atom. The summed E-state index contributed by atoms with van der Waals surface area (Å²) >= 11 is 0. The van der Waals surface area contributed by atoms with Crippen LogP contribution in [0.4, 0.5) is 4.79 Å². The van der Waals surface area contributed by atoms with E-state index in [1.807, 2.05) is 12.1 Å². The summed E-state index contributed by atoms with van der Waals surface area (Å²) < 4.78 is 0. The van der Waals surface area contributed by atoms with E-state index in [0.717, 1.165) is 12.0 Å². The zero-order valence-electron chi connectivity index (χ0n) is 13.5. The number of ketones is 1. The van der Waals surface area contributed by atoms with Gasteiger partial charge in [-0.25, -0.2) is 4.79 Å². The van der Waals surface area contributed by atoms with Gasteiger partial charge >= 0.3 is 6.09 Å². The second-order valence-corrected chi connectivity index (χ2v) is 6.62. The fourth-order valence-corrected chi connectivity index (χ4v) is 3.49. The quantitative estimate of drug-likeness (QED) is 0.891. The summed E-state index contributed by atoms with van der Waals surface area (Å²) in [7, 11) is 0. The number of rotatable bonds is 3. The Hall–Kier alpha value is -2.37. The first-order valence-corrected chi connectivity index (χ1v) is 8.43. The zero-order chi connectivity index (χ0) is 17.1. The van der Waals surface area contributed by atoms with Gasteiger partial charge in [0.05, 0.1) is 0 Å². The highest BCUT2D eigenvalue weighted by atomic mass is 16.4. The molecule has 0 bridgehead atoms. The van der Waals surface area contributed by atoms with Crippen molar-refractivity contribution in [3.8, 4) is 0 Å². The van der Waals surface area contributed by atoms with Crippen molar-refractivity contribution >= 4 is 17.8 Å². The van der Waals surface area contributed by atoms with Crippen LogP contribution in [0.25, 0.3) is 0 Å². The van der Waals surface area contributed by atoms with Crippen LogP contribution in [0.1, 0.15) is 53.9 Å². The number of hydrogen-bond acceptors (Lipinski definition) is 3. The highest BCUT2D eigenvalue weighted by Crippen LogP contribution is 2.32. The molecule has 2 aliphatic rings. The first-order chi connectivity index (χ1) is 11.5. The van der Waals surface area contributed by atoms with Gasteiger partial charge < -0.3 is 15.3 Å². The molecule has 6 heteroatoms. The molecule has 1 heterocycles. The van der Waals surface area contributed by atoms with Crippen LogP contribution in [0.15, 0.2) is 24.3 Å². The third kappa shape index (κ3) is 3.75. The lowest BCUT2D eigenvalue weighted by Crippen LogP contribution is -2.46. The van der Waals surface area contributed by atoms with E-state index < -0.39 is 6.09 Å². The van der Waals surface area contributed by atoms with Gasteiger partial charge in [-0.15, -0.1) is 0 Å². The van der Waals surface area contributed by atoms with Gasteiger partial charge in [0.2, 0.25) is 0 Å². The number of carbonyl (C=O) groups excluding carboxylic acids is 2. The molecule has 1 aliphatic carbocycles. The molecule has 1 aliphatic heterocycles. The van der Waals surface area contributed by atoms with Crippen molar-refractivity contribution in [3.05, 3.63) is 35.4 Å². The minimum absolute atomic E-state index is 0.0141. The Kier molecular flexibility index (Phi) is 4.83. The molecule has 2 amide bonds. The Bertz CT molecular complexity index is 633. The predicted molar refractivity (Wildman–Crippen MR) is 88.1 cm³/mol. The SMILES string of the molecule is O=C1CCC(c2ccc(C(=O)NC3CCN(C(=O)O)CC3)cc2)C1. The van der Waals surface area contributed by atoms with Gasteiger partial charge in [0.1, 0.15) is 5.78 Å². The fourth-order valence-electron chi connectivity index (χ4n) is 3.49. The van der Waals surface area contributed by atoms with Crippen molar-refractivity contribution in [2.75, 3.05) is 13.1 Å². The molecule has 1 saturated carbocycles. The lowest BCUT2D eigenvalue weighted by molar-refractivity contribution is -0.117. The van der Waals surface area contributed by atoms with Gasteiger partial charge in [-0.2, -0.15) is 0 Å². The molecule has 1 saturated heterocycles. The van der Waals surface area contributed by atoms with Crippen LogP contribution in [-0.4, -0.2) is 46.9 Å². The van der Waals surface area contributed by atoms with Crippen LogP contribution < -0.4 is 5.32 Å². The van der Waals surface area contributed by atoms with Crippen molar-refractivity contribution in [1.29, 1.82) is 0 Å². The Morgan fingerprint density at radius 2 is 1.75 bits per heavy atom. The number of Topliss-reactive ketones (excluding diaryl/α,β-unsaturated/α-hetero) is 1. The number of carboxylic acid groups (broad SMARTS) is 1. The molecule has 0 spiro atoms. The molecular formula is C18H22N2O4. The summed E-state index contributed by atoms with van der Waals surface area (Å²) in [5, 5.41) is 11.9. The summed E-state index contributed by atoms with van der Waals surface area (Å²) in [6, 6.07) is 7.50. The lowest BCUT2D eigenvalue weighted by Gasteiger charge is -2.30. The molecule has 0 radical (unpaired) electrons. The third-order valence-corrected chi connectivity index (χ3v) is 4.99. The third-order valence-electron chi connectivity index (χ3n) is 4.99. The number of amides is 2. The summed E-state index contributed by atoms with van der Waals surface area (Å²) in [5.74, 6) is 0.474. The number of likely N-dealkylation sites (tertiary alicyclic amines) is 1. The number of hydrogen-bond donors (Lipinski definition) is 2. The molecule has 1 unspecified atom stereocenters. The molecule has 1 aromatic carbocycles. The minimum Gasteiger partial charge on any atom is -0.465 e.